The van der Waals surface area contributed by atoms with Crippen molar-refractivity contribution in [3.05, 3.63) is 64.1 Å². The molecule has 0 saturated carbocycles. The molecule has 0 radical (unpaired) electrons. The summed E-state index contributed by atoms with van der Waals surface area (Å²) in [4.78, 5) is 39.3. The first-order valence-corrected chi connectivity index (χ1v) is 14.5. The Morgan fingerprint density at radius 2 is 1.88 bits per heavy atom. The number of carbonyl (C=O) groups excluding carboxylic acids is 2. The van der Waals surface area contributed by atoms with Crippen molar-refractivity contribution in [1.29, 1.82) is 0 Å². The monoisotopic (exact) mass is 591 g/mol. The molecular formula is C32H41N5O6. The van der Waals surface area contributed by atoms with Crippen LogP contribution in [-0.4, -0.2) is 55.5 Å². The van der Waals surface area contributed by atoms with Crippen LogP contribution in [0.2, 0.25) is 0 Å². The van der Waals surface area contributed by atoms with Gasteiger partial charge in [0.15, 0.2) is 11.5 Å². The van der Waals surface area contributed by atoms with E-state index in [0.29, 0.717) is 48.7 Å². The largest absolute Gasteiger partial charge is 0.493 e. The fourth-order valence-corrected chi connectivity index (χ4v) is 5.53. The second-order valence-corrected chi connectivity index (χ2v) is 10.7. The van der Waals surface area contributed by atoms with E-state index in [4.69, 9.17) is 14.2 Å². The van der Waals surface area contributed by atoms with Crippen LogP contribution < -0.4 is 35.6 Å². The Labute approximate surface area is 251 Å². The van der Waals surface area contributed by atoms with Crippen LogP contribution in [-0.2, 0) is 22.6 Å². The first-order chi connectivity index (χ1) is 20.7. The second-order valence-electron chi connectivity index (χ2n) is 10.7. The molecule has 2 amide bonds. The molecular weight excluding hydrogens is 550 g/mol. The van der Waals surface area contributed by atoms with E-state index in [1.54, 1.807) is 44.3 Å². The van der Waals surface area contributed by atoms with E-state index in [2.05, 4.69) is 21.0 Å². The van der Waals surface area contributed by atoms with Gasteiger partial charge in [-0.25, -0.2) is 0 Å². The maximum Gasteiger partial charge on any atom is 0.242 e. The summed E-state index contributed by atoms with van der Waals surface area (Å²) in [6.07, 6.45) is 5.41. The summed E-state index contributed by atoms with van der Waals surface area (Å²) in [6, 6.07) is 7.76. The molecule has 11 nitrogen and oxygen atoms in total. The quantitative estimate of drug-likeness (QED) is 0.291. The Hall–Kier alpha value is -4.54. The number of anilines is 1. The van der Waals surface area contributed by atoms with Gasteiger partial charge in [0.2, 0.25) is 23.0 Å². The van der Waals surface area contributed by atoms with E-state index < -0.39 is 12.1 Å². The van der Waals surface area contributed by atoms with Crippen molar-refractivity contribution < 1.29 is 23.8 Å². The molecule has 3 N–H and O–H groups in total. The van der Waals surface area contributed by atoms with E-state index >= 15 is 0 Å². The number of aromatic nitrogens is 2. The van der Waals surface area contributed by atoms with Crippen LogP contribution in [0.4, 0.5) is 5.69 Å². The molecule has 3 aromatic rings. The Morgan fingerprint density at radius 1 is 1.12 bits per heavy atom. The van der Waals surface area contributed by atoms with Crippen LogP contribution in [0.5, 0.6) is 17.2 Å². The summed E-state index contributed by atoms with van der Waals surface area (Å²) in [5, 5.41) is 13.4. The third-order valence-corrected chi connectivity index (χ3v) is 7.92. The van der Waals surface area contributed by atoms with Crippen LogP contribution in [0, 0.1) is 5.92 Å². The molecule has 43 heavy (non-hydrogen) atoms. The predicted molar refractivity (Wildman–Crippen MR) is 165 cm³/mol. The molecule has 11 heteroatoms. The number of hydrogen-bond donors (Lipinski definition) is 3. The summed E-state index contributed by atoms with van der Waals surface area (Å²) < 4.78 is 18.9. The third kappa shape index (κ3) is 6.93. The van der Waals surface area contributed by atoms with Crippen LogP contribution >= 0.6 is 0 Å². The number of ether oxygens (including phenoxy) is 3. The first kappa shape index (κ1) is 31.4. The SMILES string of the molecule is CC[C@H](C)[C@@H](Nc1ccc2c(cc1=O)[C@H](NC(C)=O)CCc1cc(OC)c(OC)c(OC)c1-2)C(=O)NCCn1cccn1. The maximum atomic E-state index is 13.8. The van der Waals surface area contributed by atoms with E-state index in [0.717, 1.165) is 23.1 Å². The minimum absolute atomic E-state index is 0.0582. The number of hydrogen-bond acceptors (Lipinski definition) is 8. The molecule has 2 aromatic carbocycles. The number of nitrogens with zero attached hydrogens (tertiary/aromatic N) is 2. The molecule has 0 fully saturated rings. The molecule has 0 unspecified atom stereocenters. The standard InChI is InChI=1S/C32H41N5O6/c1-7-19(2)29(32(40)33-14-16-37-15-8-13-34-37)36-25-12-10-22-23(18-26(25)39)24(35-20(3)38)11-9-21-17-27(41-4)30(42-5)31(43-6)28(21)22/h8,10,12-13,15,17-19,24,29H,7,9,11,14,16H2,1-6H3,(H,33,40)(H,35,38)(H,36,39)/t19-,24+,29+/m0/s1. The molecule has 4 rings (SSSR count). The summed E-state index contributed by atoms with van der Waals surface area (Å²) in [6.45, 7) is 6.37. The van der Waals surface area contributed by atoms with Gasteiger partial charge in [0.1, 0.15) is 6.04 Å². The molecule has 230 valence electrons. The van der Waals surface area contributed by atoms with Crippen molar-refractivity contribution in [2.75, 3.05) is 33.2 Å². The summed E-state index contributed by atoms with van der Waals surface area (Å²) in [5.41, 5.74) is 3.06. The maximum absolute atomic E-state index is 13.8. The van der Waals surface area contributed by atoms with Crippen LogP contribution in [0.15, 0.2) is 47.5 Å². The molecule has 1 aromatic heterocycles. The van der Waals surface area contributed by atoms with Crippen molar-refractivity contribution in [2.45, 2.75) is 58.7 Å². The van der Waals surface area contributed by atoms with Crippen molar-refractivity contribution in [1.82, 2.24) is 20.4 Å². The fraction of sp³-hybridized carbons (Fsp3) is 0.438. The van der Waals surface area contributed by atoms with Crippen molar-refractivity contribution in [2.24, 2.45) is 5.92 Å². The van der Waals surface area contributed by atoms with Gasteiger partial charge >= 0.3 is 0 Å². The number of rotatable bonds is 12. The zero-order valence-corrected chi connectivity index (χ0v) is 25.7. The van der Waals surface area contributed by atoms with Crippen molar-refractivity contribution in [3.8, 4) is 28.4 Å². The highest BCUT2D eigenvalue weighted by Crippen LogP contribution is 2.50. The molecule has 0 bridgehead atoms. The normalized spacial score (nSPS) is 15.2. The fourth-order valence-electron chi connectivity index (χ4n) is 5.53. The zero-order chi connectivity index (χ0) is 31.1. The first-order valence-electron chi connectivity index (χ1n) is 14.5. The molecule has 1 aliphatic rings. The van der Waals surface area contributed by atoms with Gasteiger partial charge < -0.3 is 30.2 Å². The lowest BCUT2D eigenvalue weighted by Gasteiger charge is -2.24. The molecule has 1 heterocycles. The minimum atomic E-state index is -0.644. The van der Waals surface area contributed by atoms with Crippen molar-refractivity contribution in [3.63, 3.8) is 0 Å². The Bertz CT molecular complexity index is 1510. The van der Waals surface area contributed by atoms with Crippen LogP contribution in [0.3, 0.4) is 0 Å². The van der Waals surface area contributed by atoms with Gasteiger partial charge in [0, 0.05) is 31.4 Å². The van der Waals surface area contributed by atoms with E-state index in [1.807, 2.05) is 38.2 Å². The van der Waals surface area contributed by atoms with Gasteiger partial charge in [-0.15, -0.1) is 0 Å². The molecule has 3 atom stereocenters. The lowest BCUT2D eigenvalue weighted by Crippen LogP contribution is -2.45. The van der Waals surface area contributed by atoms with Crippen molar-refractivity contribution >= 4 is 17.5 Å². The Morgan fingerprint density at radius 3 is 2.51 bits per heavy atom. The van der Waals surface area contributed by atoms with Gasteiger partial charge in [-0.05, 0) is 59.7 Å². The van der Waals surface area contributed by atoms with Gasteiger partial charge in [-0.2, -0.15) is 5.10 Å². The second kappa shape index (κ2) is 14.1. The number of benzene rings is 1. The number of methoxy groups -OCH3 is 3. The molecule has 0 spiro atoms. The minimum Gasteiger partial charge on any atom is -0.493 e. The highest BCUT2D eigenvalue weighted by Gasteiger charge is 2.30. The van der Waals surface area contributed by atoms with Crippen LogP contribution in [0.25, 0.3) is 11.1 Å². The number of nitrogens with one attached hydrogen (secondary N) is 3. The lowest BCUT2D eigenvalue weighted by molar-refractivity contribution is -0.123. The van der Waals surface area contributed by atoms with Gasteiger partial charge in [-0.1, -0.05) is 26.3 Å². The van der Waals surface area contributed by atoms with E-state index in [1.165, 1.54) is 6.92 Å². The van der Waals surface area contributed by atoms with E-state index in [9.17, 15) is 14.4 Å². The Kier molecular flexibility index (Phi) is 10.3. The molecule has 0 aliphatic heterocycles. The molecule has 0 saturated heterocycles. The van der Waals surface area contributed by atoms with Gasteiger partial charge in [0.25, 0.3) is 0 Å². The molecule has 1 aliphatic carbocycles. The highest BCUT2D eigenvalue weighted by molar-refractivity contribution is 5.86. The average Bonchev–Trinajstić information content (AvgIpc) is 3.41. The number of carbonyl (C=O) groups is 2. The summed E-state index contributed by atoms with van der Waals surface area (Å²) in [7, 11) is 4.67. The van der Waals surface area contributed by atoms with Crippen LogP contribution in [0.1, 0.15) is 50.8 Å². The third-order valence-electron chi connectivity index (χ3n) is 7.92. The average molecular weight is 592 g/mol. The summed E-state index contributed by atoms with van der Waals surface area (Å²) >= 11 is 0. The predicted octanol–water partition coefficient (Wildman–Crippen LogP) is 3.70. The van der Waals surface area contributed by atoms with E-state index in [-0.39, 0.29) is 28.8 Å². The lowest BCUT2D eigenvalue weighted by atomic mass is 9.95. The topological polar surface area (TPSA) is 133 Å². The number of amides is 2. The smallest absolute Gasteiger partial charge is 0.242 e. The van der Waals surface area contributed by atoms with Gasteiger partial charge in [-0.3, -0.25) is 19.1 Å². The number of fused-ring (bicyclic) bond motifs is 3. The zero-order valence-electron chi connectivity index (χ0n) is 25.7. The summed E-state index contributed by atoms with van der Waals surface area (Å²) in [5.74, 6) is 0.975. The highest BCUT2D eigenvalue weighted by atomic mass is 16.5. The Balaban J connectivity index is 1.79. The van der Waals surface area contributed by atoms with Gasteiger partial charge in [0.05, 0.1) is 39.6 Å². The number of aryl methyl sites for hydroxylation is 1.